The summed E-state index contributed by atoms with van der Waals surface area (Å²) in [6.07, 6.45) is 4.57. The summed E-state index contributed by atoms with van der Waals surface area (Å²) in [6, 6.07) is 6.15. The van der Waals surface area contributed by atoms with Crippen LogP contribution in [0.1, 0.15) is 46.5 Å². The third-order valence-electron chi connectivity index (χ3n) is 5.90. The van der Waals surface area contributed by atoms with Gasteiger partial charge in [0, 0.05) is 31.1 Å². The molecule has 1 aliphatic rings. The molecule has 0 spiro atoms. The van der Waals surface area contributed by atoms with Crippen molar-refractivity contribution in [1.29, 1.82) is 0 Å². The van der Waals surface area contributed by atoms with Gasteiger partial charge in [-0.25, -0.2) is 0 Å². The van der Waals surface area contributed by atoms with E-state index >= 15 is 0 Å². The van der Waals surface area contributed by atoms with Crippen LogP contribution in [0.2, 0.25) is 0 Å². The van der Waals surface area contributed by atoms with Crippen molar-refractivity contribution in [2.24, 2.45) is 0 Å². The zero-order valence-electron chi connectivity index (χ0n) is 17.8. The first-order valence-electron chi connectivity index (χ1n) is 11.1. The smallest absolute Gasteiger partial charge is 0.158 e. The average molecular weight is 388 g/mol. The predicted octanol–water partition coefficient (Wildman–Crippen LogP) is 3.44. The second kappa shape index (κ2) is 10.1. The standard InChI is InChI=1S/C22H37N5O/c1-4-13-26(18-9-7-12-23-17-18)22-20-16-19(28)10-11-21(20)27(24-22)15-8-14-25(5-2)6-3/h10-11,16,18,23,28H,4-9,12-15,17H2,1-3H3. The SMILES string of the molecule is CCCN(c1nn(CCCN(CC)CC)c2ccc(O)cc12)C1CCCNC1. The van der Waals surface area contributed by atoms with E-state index in [-0.39, 0.29) is 0 Å². The fourth-order valence-corrected chi connectivity index (χ4v) is 4.32. The lowest BCUT2D eigenvalue weighted by atomic mass is 10.0. The number of rotatable bonds is 10. The Hall–Kier alpha value is -1.79. The van der Waals surface area contributed by atoms with Gasteiger partial charge in [-0.3, -0.25) is 4.68 Å². The lowest BCUT2D eigenvalue weighted by Gasteiger charge is -2.35. The van der Waals surface area contributed by atoms with Crippen molar-refractivity contribution >= 4 is 16.7 Å². The van der Waals surface area contributed by atoms with E-state index in [9.17, 15) is 5.11 Å². The molecular formula is C22H37N5O. The molecule has 1 aromatic carbocycles. The average Bonchev–Trinajstić information content (AvgIpc) is 3.07. The fourth-order valence-electron chi connectivity index (χ4n) is 4.32. The van der Waals surface area contributed by atoms with Gasteiger partial charge in [-0.05, 0) is 70.1 Å². The molecule has 3 rings (SSSR count). The van der Waals surface area contributed by atoms with Crippen LogP contribution in [0, 0.1) is 0 Å². The van der Waals surface area contributed by atoms with Gasteiger partial charge < -0.3 is 20.2 Å². The summed E-state index contributed by atoms with van der Waals surface area (Å²) < 4.78 is 2.15. The molecule has 2 N–H and O–H groups in total. The van der Waals surface area contributed by atoms with Crippen molar-refractivity contribution < 1.29 is 5.11 Å². The molecule has 1 atom stereocenters. The normalized spacial score (nSPS) is 17.5. The van der Waals surface area contributed by atoms with E-state index in [2.05, 4.69) is 40.6 Å². The van der Waals surface area contributed by atoms with Gasteiger partial charge in [0.15, 0.2) is 5.82 Å². The van der Waals surface area contributed by atoms with Crippen LogP contribution in [-0.2, 0) is 6.54 Å². The number of hydrogen-bond acceptors (Lipinski definition) is 5. The number of aryl methyl sites for hydroxylation is 1. The number of aromatic nitrogens is 2. The number of anilines is 1. The molecule has 28 heavy (non-hydrogen) atoms. The van der Waals surface area contributed by atoms with E-state index in [1.165, 1.54) is 12.8 Å². The molecule has 0 saturated carbocycles. The summed E-state index contributed by atoms with van der Waals surface area (Å²) in [7, 11) is 0. The van der Waals surface area contributed by atoms with Gasteiger partial charge in [0.05, 0.1) is 5.52 Å². The molecule has 1 unspecified atom stereocenters. The van der Waals surface area contributed by atoms with Gasteiger partial charge in [-0.1, -0.05) is 20.8 Å². The Morgan fingerprint density at radius 1 is 1.21 bits per heavy atom. The summed E-state index contributed by atoms with van der Waals surface area (Å²) in [5, 5.41) is 19.8. The molecule has 2 aromatic rings. The maximum absolute atomic E-state index is 10.1. The highest BCUT2D eigenvalue weighted by Gasteiger charge is 2.25. The second-order valence-corrected chi connectivity index (χ2v) is 7.82. The number of fused-ring (bicyclic) bond motifs is 1. The Bertz CT molecular complexity index is 734. The van der Waals surface area contributed by atoms with Crippen molar-refractivity contribution in [2.75, 3.05) is 44.2 Å². The van der Waals surface area contributed by atoms with Gasteiger partial charge in [0.1, 0.15) is 5.75 Å². The van der Waals surface area contributed by atoms with E-state index in [1.807, 2.05) is 12.1 Å². The number of aromatic hydroxyl groups is 1. The van der Waals surface area contributed by atoms with E-state index < -0.39 is 0 Å². The van der Waals surface area contributed by atoms with Gasteiger partial charge in [-0.2, -0.15) is 5.10 Å². The maximum atomic E-state index is 10.1. The molecule has 0 aliphatic carbocycles. The maximum Gasteiger partial charge on any atom is 0.158 e. The highest BCUT2D eigenvalue weighted by molar-refractivity contribution is 5.92. The fraction of sp³-hybridized carbons (Fsp3) is 0.682. The molecule has 1 fully saturated rings. The molecule has 6 nitrogen and oxygen atoms in total. The van der Waals surface area contributed by atoms with Crippen molar-refractivity contribution in [1.82, 2.24) is 20.0 Å². The summed E-state index contributed by atoms with van der Waals surface area (Å²) in [4.78, 5) is 4.92. The minimum atomic E-state index is 0.314. The number of hydrogen-bond donors (Lipinski definition) is 2. The molecule has 0 radical (unpaired) electrons. The van der Waals surface area contributed by atoms with Crippen molar-refractivity contribution in [3.63, 3.8) is 0 Å². The third kappa shape index (κ3) is 4.78. The lowest BCUT2D eigenvalue weighted by molar-refractivity contribution is 0.292. The zero-order valence-corrected chi connectivity index (χ0v) is 17.8. The second-order valence-electron chi connectivity index (χ2n) is 7.82. The van der Waals surface area contributed by atoms with Crippen LogP contribution in [0.5, 0.6) is 5.75 Å². The summed E-state index contributed by atoms with van der Waals surface area (Å²) >= 11 is 0. The minimum absolute atomic E-state index is 0.314. The van der Waals surface area contributed by atoms with E-state index in [1.54, 1.807) is 6.07 Å². The van der Waals surface area contributed by atoms with E-state index in [0.29, 0.717) is 11.8 Å². The van der Waals surface area contributed by atoms with Crippen LogP contribution in [-0.4, -0.2) is 65.1 Å². The van der Waals surface area contributed by atoms with Gasteiger partial charge in [-0.15, -0.1) is 0 Å². The zero-order chi connectivity index (χ0) is 19.9. The van der Waals surface area contributed by atoms with E-state index in [0.717, 1.165) is 75.4 Å². The first-order chi connectivity index (χ1) is 13.7. The molecule has 0 bridgehead atoms. The van der Waals surface area contributed by atoms with Crippen LogP contribution in [0.4, 0.5) is 5.82 Å². The Kier molecular flexibility index (Phi) is 7.57. The van der Waals surface area contributed by atoms with Crippen LogP contribution in [0.15, 0.2) is 18.2 Å². The molecule has 2 heterocycles. The van der Waals surface area contributed by atoms with Crippen LogP contribution < -0.4 is 10.2 Å². The molecule has 1 saturated heterocycles. The minimum Gasteiger partial charge on any atom is -0.508 e. The molecule has 1 aliphatic heterocycles. The third-order valence-corrected chi connectivity index (χ3v) is 5.90. The molecule has 6 heteroatoms. The summed E-state index contributed by atoms with van der Waals surface area (Å²) in [6.45, 7) is 13.9. The Labute approximate surface area is 169 Å². The first kappa shape index (κ1) is 20.9. The number of benzene rings is 1. The topological polar surface area (TPSA) is 56.6 Å². The molecule has 156 valence electrons. The quantitative estimate of drug-likeness (QED) is 0.654. The van der Waals surface area contributed by atoms with Crippen LogP contribution >= 0.6 is 0 Å². The van der Waals surface area contributed by atoms with Crippen LogP contribution in [0.25, 0.3) is 10.9 Å². The molecular weight excluding hydrogens is 350 g/mol. The predicted molar refractivity (Wildman–Crippen MR) is 117 cm³/mol. The van der Waals surface area contributed by atoms with Gasteiger partial charge in [0.2, 0.25) is 0 Å². The first-order valence-corrected chi connectivity index (χ1v) is 11.1. The van der Waals surface area contributed by atoms with Crippen LogP contribution in [0.3, 0.4) is 0 Å². The van der Waals surface area contributed by atoms with Crippen molar-refractivity contribution in [3.8, 4) is 5.75 Å². The number of phenols is 1. The monoisotopic (exact) mass is 387 g/mol. The van der Waals surface area contributed by atoms with Crippen molar-refractivity contribution in [3.05, 3.63) is 18.2 Å². The Morgan fingerprint density at radius 3 is 2.71 bits per heavy atom. The number of nitrogens with zero attached hydrogens (tertiary/aromatic N) is 4. The Morgan fingerprint density at radius 2 is 2.04 bits per heavy atom. The van der Waals surface area contributed by atoms with Gasteiger partial charge >= 0.3 is 0 Å². The Balaban J connectivity index is 1.88. The summed E-state index contributed by atoms with van der Waals surface area (Å²) in [5.74, 6) is 1.35. The molecule has 1 aromatic heterocycles. The highest BCUT2D eigenvalue weighted by atomic mass is 16.3. The summed E-state index contributed by atoms with van der Waals surface area (Å²) in [5.41, 5.74) is 1.12. The van der Waals surface area contributed by atoms with E-state index in [4.69, 9.17) is 5.10 Å². The lowest BCUT2D eigenvalue weighted by Crippen LogP contribution is -2.46. The number of phenolic OH excluding ortho intramolecular Hbond substituents is 1. The van der Waals surface area contributed by atoms with Gasteiger partial charge in [0.25, 0.3) is 0 Å². The number of piperidine rings is 1. The van der Waals surface area contributed by atoms with Crippen molar-refractivity contribution in [2.45, 2.75) is 59.0 Å². The number of nitrogens with one attached hydrogen (secondary N) is 1. The highest BCUT2D eigenvalue weighted by Crippen LogP contribution is 2.32. The largest absolute Gasteiger partial charge is 0.508 e. The molecule has 0 amide bonds.